The van der Waals surface area contributed by atoms with E-state index in [1.165, 1.54) is 36.5 Å². The number of pyridine rings is 1. The van der Waals surface area contributed by atoms with E-state index in [-0.39, 0.29) is 0 Å². The van der Waals surface area contributed by atoms with Crippen LogP contribution in [0.5, 0.6) is 0 Å². The van der Waals surface area contributed by atoms with E-state index in [0.29, 0.717) is 18.0 Å². The molecule has 4 heteroatoms. The summed E-state index contributed by atoms with van der Waals surface area (Å²) < 4.78 is 4.82. The number of rotatable bonds is 5. The molecule has 2 aromatic carbocycles. The Balaban J connectivity index is 1.62. The lowest BCUT2D eigenvalue weighted by Gasteiger charge is -2.07. The molecular formula is C25H22N2O2. The van der Waals surface area contributed by atoms with Gasteiger partial charge in [-0.2, -0.15) is 0 Å². The predicted molar refractivity (Wildman–Crippen MR) is 114 cm³/mol. The predicted octanol–water partition coefficient (Wildman–Crippen LogP) is 5.48. The smallest absolute Gasteiger partial charge is 0.356 e. The Kier molecular flexibility index (Phi) is 4.39. The Hall–Kier alpha value is -3.40. The highest BCUT2D eigenvalue weighted by molar-refractivity contribution is 5.92. The summed E-state index contributed by atoms with van der Waals surface area (Å²) >= 11 is 0. The summed E-state index contributed by atoms with van der Waals surface area (Å²) in [6.45, 7) is 0. The average Bonchev–Trinajstić information content (AvgIpc) is 3.56. The Morgan fingerprint density at radius 3 is 2.66 bits per heavy atom. The van der Waals surface area contributed by atoms with Gasteiger partial charge in [0.1, 0.15) is 5.69 Å². The van der Waals surface area contributed by atoms with Gasteiger partial charge >= 0.3 is 5.97 Å². The fourth-order valence-electron chi connectivity index (χ4n) is 3.96. The lowest BCUT2D eigenvalue weighted by atomic mass is 9.99. The van der Waals surface area contributed by atoms with Crippen molar-refractivity contribution in [3.8, 4) is 11.3 Å². The van der Waals surface area contributed by atoms with Gasteiger partial charge in [-0.1, -0.05) is 48.5 Å². The molecule has 0 radical (unpaired) electrons. The van der Waals surface area contributed by atoms with Crippen LogP contribution < -0.4 is 0 Å². The third-order valence-corrected chi connectivity index (χ3v) is 5.60. The number of ether oxygens (including phenoxy) is 1. The lowest BCUT2D eigenvalue weighted by Crippen LogP contribution is -2.06. The standard InChI is InChI=1S/C25H22N2O2/c1-29-25(28)22-9-5-8-19(26-22)15-21-20-13-12-18(16-10-11-16)14-23(20)27-24(21)17-6-3-2-4-7-17/h2-9,12-14,16,27H,10-11,15H2,1H3. The quantitative estimate of drug-likeness (QED) is 0.465. The molecule has 1 N–H and O–H groups in total. The van der Waals surface area contributed by atoms with Crippen molar-refractivity contribution in [2.75, 3.05) is 7.11 Å². The second-order valence-electron chi connectivity index (χ2n) is 7.61. The van der Waals surface area contributed by atoms with Gasteiger partial charge in [0.15, 0.2) is 0 Å². The van der Waals surface area contributed by atoms with Crippen LogP contribution in [0.1, 0.15) is 46.1 Å². The number of fused-ring (bicyclic) bond motifs is 1. The van der Waals surface area contributed by atoms with Crippen LogP contribution in [0, 0.1) is 0 Å². The van der Waals surface area contributed by atoms with Crippen molar-refractivity contribution < 1.29 is 9.53 Å². The molecule has 1 fully saturated rings. The van der Waals surface area contributed by atoms with Crippen molar-refractivity contribution in [2.24, 2.45) is 0 Å². The molecule has 0 bridgehead atoms. The number of esters is 1. The minimum Gasteiger partial charge on any atom is -0.464 e. The molecule has 2 aromatic heterocycles. The van der Waals surface area contributed by atoms with Crippen molar-refractivity contribution in [3.63, 3.8) is 0 Å². The van der Waals surface area contributed by atoms with Crippen LogP contribution in [0.25, 0.3) is 22.2 Å². The van der Waals surface area contributed by atoms with E-state index in [1.54, 1.807) is 6.07 Å². The topological polar surface area (TPSA) is 55.0 Å². The zero-order valence-corrected chi connectivity index (χ0v) is 16.3. The highest BCUT2D eigenvalue weighted by Crippen LogP contribution is 2.42. The largest absolute Gasteiger partial charge is 0.464 e. The molecule has 0 aliphatic heterocycles. The number of hydrogen-bond donors (Lipinski definition) is 1. The molecule has 1 aliphatic carbocycles. The van der Waals surface area contributed by atoms with E-state index < -0.39 is 5.97 Å². The molecular weight excluding hydrogens is 360 g/mol. The Labute approximate surface area is 169 Å². The third-order valence-electron chi connectivity index (χ3n) is 5.60. The van der Waals surface area contributed by atoms with Gasteiger partial charge in [-0.15, -0.1) is 0 Å². The first-order chi connectivity index (χ1) is 14.2. The van der Waals surface area contributed by atoms with Gasteiger partial charge in [0, 0.05) is 23.0 Å². The highest BCUT2D eigenvalue weighted by Gasteiger charge is 2.24. The molecule has 1 aliphatic rings. The highest BCUT2D eigenvalue weighted by atomic mass is 16.5. The van der Waals surface area contributed by atoms with Crippen LogP contribution >= 0.6 is 0 Å². The van der Waals surface area contributed by atoms with Gasteiger partial charge < -0.3 is 9.72 Å². The van der Waals surface area contributed by atoms with Crippen molar-refractivity contribution in [1.29, 1.82) is 0 Å². The number of carbonyl (C=O) groups excluding carboxylic acids is 1. The van der Waals surface area contributed by atoms with Crippen LogP contribution in [-0.2, 0) is 11.2 Å². The monoisotopic (exact) mass is 382 g/mol. The number of carbonyl (C=O) groups is 1. The van der Waals surface area contributed by atoms with Gasteiger partial charge in [0.25, 0.3) is 0 Å². The first kappa shape index (κ1) is 17.7. The number of nitrogens with one attached hydrogen (secondary N) is 1. The number of aromatic nitrogens is 2. The van der Waals surface area contributed by atoms with Crippen LogP contribution in [0.3, 0.4) is 0 Å². The second-order valence-corrected chi connectivity index (χ2v) is 7.61. The van der Waals surface area contributed by atoms with Crippen molar-refractivity contribution in [2.45, 2.75) is 25.2 Å². The number of aromatic amines is 1. The van der Waals surface area contributed by atoms with E-state index in [2.05, 4.69) is 52.4 Å². The zero-order valence-electron chi connectivity index (χ0n) is 16.3. The zero-order chi connectivity index (χ0) is 19.8. The lowest BCUT2D eigenvalue weighted by molar-refractivity contribution is 0.0593. The fourth-order valence-corrected chi connectivity index (χ4v) is 3.96. The molecule has 5 rings (SSSR count). The van der Waals surface area contributed by atoms with E-state index in [0.717, 1.165) is 22.5 Å². The van der Waals surface area contributed by atoms with Crippen molar-refractivity contribution in [3.05, 3.63) is 89.2 Å². The SMILES string of the molecule is COC(=O)c1cccc(Cc2c(-c3ccccc3)[nH]c3cc(C4CC4)ccc23)n1. The molecule has 1 saturated carbocycles. The van der Waals surface area contributed by atoms with Crippen molar-refractivity contribution in [1.82, 2.24) is 9.97 Å². The molecule has 0 saturated heterocycles. The minimum absolute atomic E-state index is 0.335. The Morgan fingerprint density at radius 2 is 1.90 bits per heavy atom. The molecule has 4 aromatic rings. The first-order valence-corrected chi connectivity index (χ1v) is 9.97. The Bertz CT molecular complexity index is 1190. The summed E-state index contributed by atoms with van der Waals surface area (Å²) in [5.41, 5.74) is 7.21. The average molecular weight is 382 g/mol. The van der Waals surface area contributed by atoms with Crippen LogP contribution in [0.15, 0.2) is 66.7 Å². The van der Waals surface area contributed by atoms with E-state index in [9.17, 15) is 4.79 Å². The molecule has 4 nitrogen and oxygen atoms in total. The van der Waals surface area contributed by atoms with E-state index in [4.69, 9.17) is 4.74 Å². The number of H-pyrrole nitrogens is 1. The number of methoxy groups -OCH3 is 1. The van der Waals surface area contributed by atoms with Gasteiger partial charge in [-0.3, -0.25) is 0 Å². The summed E-state index contributed by atoms with van der Waals surface area (Å²) in [6.07, 6.45) is 3.21. The normalized spacial score (nSPS) is 13.6. The van der Waals surface area contributed by atoms with E-state index >= 15 is 0 Å². The summed E-state index contributed by atoms with van der Waals surface area (Å²) in [7, 11) is 1.38. The van der Waals surface area contributed by atoms with Crippen molar-refractivity contribution >= 4 is 16.9 Å². The number of hydrogen-bond acceptors (Lipinski definition) is 3. The van der Waals surface area contributed by atoms with Gasteiger partial charge in [0.05, 0.1) is 12.8 Å². The Morgan fingerprint density at radius 1 is 1.07 bits per heavy atom. The molecule has 0 amide bonds. The molecule has 144 valence electrons. The maximum atomic E-state index is 11.9. The molecule has 29 heavy (non-hydrogen) atoms. The third kappa shape index (κ3) is 3.42. The second kappa shape index (κ2) is 7.21. The van der Waals surface area contributed by atoms with Gasteiger partial charge in [-0.05, 0) is 53.6 Å². The number of nitrogens with zero attached hydrogens (tertiary/aromatic N) is 1. The fraction of sp³-hybridized carbons (Fsp3) is 0.200. The maximum Gasteiger partial charge on any atom is 0.356 e. The summed E-state index contributed by atoms with van der Waals surface area (Å²) in [6, 6.07) is 22.6. The summed E-state index contributed by atoms with van der Waals surface area (Å²) in [4.78, 5) is 20.1. The van der Waals surface area contributed by atoms with Gasteiger partial charge in [-0.25, -0.2) is 9.78 Å². The molecule has 2 heterocycles. The molecule has 0 atom stereocenters. The first-order valence-electron chi connectivity index (χ1n) is 9.97. The van der Waals surface area contributed by atoms with Crippen LogP contribution in [0.4, 0.5) is 0 Å². The molecule has 0 unspecified atom stereocenters. The summed E-state index contributed by atoms with van der Waals surface area (Å²) in [5, 5.41) is 1.21. The van der Waals surface area contributed by atoms with Gasteiger partial charge in [0.2, 0.25) is 0 Å². The maximum absolute atomic E-state index is 11.9. The summed E-state index contributed by atoms with van der Waals surface area (Å²) in [5.74, 6) is 0.299. The number of benzene rings is 2. The molecule has 0 spiro atoms. The van der Waals surface area contributed by atoms with Crippen LogP contribution in [0.2, 0.25) is 0 Å². The van der Waals surface area contributed by atoms with Crippen LogP contribution in [-0.4, -0.2) is 23.0 Å². The minimum atomic E-state index is -0.414. The van der Waals surface area contributed by atoms with E-state index in [1.807, 2.05) is 18.2 Å².